The molecule has 0 spiro atoms. The van der Waals surface area contributed by atoms with Crippen LogP contribution < -0.4 is 9.64 Å². The van der Waals surface area contributed by atoms with Gasteiger partial charge in [0.2, 0.25) is 11.0 Å². The van der Waals surface area contributed by atoms with E-state index in [2.05, 4.69) is 10.2 Å². The molecule has 8 heteroatoms. The number of aromatic nitrogens is 2. The number of hydrogen-bond acceptors (Lipinski definition) is 6. The zero-order valence-corrected chi connectivity index (χ0v) is 12.1. The number of hydrogen-bond donors (Lipinski definition) is 0. The van der Waals surface area contributed by atoms with E-state index < -0.39 is 5.82 Å². The molecule has 0 aliphatic carbocycles. The summed E-state index contributed by atoms with van der Waals surface area (Å²) in [4.78, 5) is 13.5. The summed E-state index contributed by atoms with van der Waals surface area (Å²) in [6, 6.07) is 4.71. The maximum atomic E-state index is 13.8. The van der Waals surface area contributed by atoms with Gasteiger partial charge in [-0.25, -0.2) is 4.39 Å². The van der Waals surface area contributed by atoms with Gasteiger partial charge in [0.15, 0.2) is 11.6 Å². The number of methoxy groups -OCH3 is 1. The standard InChI is InChI=1S/C12H10FN3O2S2/c1-18-9-3-2-7(4-8(9)13)11-16(10(17)5-19-11)12-15-14-6-20-12/h2-4,6,11H,5H2,1H3/t11-/m0/s1. The van der Waals surface area contributed by atoms with Crippen molar-refractivity contribution < 1.29 is 13.9 Å². The minimum Gasteiger partial charge on any atom is -0.494 e. The van der Waals surface area contributed by atoms with E-state index in [0.717, 1.165) is 0 Å². The van der Waals surface area contributed by atoms with Crippen LogP contribution in [-0.2, 0) is 4.79 Å². The molecular formula is C12H10FN3O2S2. The van der Waals surface area contributed by atoms with Gasteiger partial charge in [-0.1, -0.05) is 17.4 Å². The Morgan fingerprint density at radius 3 is 3.00 bits per heavy atom. The normalized spacial score (nSPS) is 18.6. The summed E-state index contributed by atoms with van der Waals surface area (Å²) in [6.07, 6.45) is 0. The Hall–Kier alpha value is -1.67. The number of ether oxygens (including phenoxy) is 1. The average Bonchev–Trinajstić information content (AvgIpc) is 3.07. The molecule has 1 fully saturated rings. The topological polar surface area (TPSA) is 55.3 Å². The lowest BCUT2D eigenvalue weighted by Gasteiger charge is -2.21. The van der Waals surface area contributed by atoms with Gasteiger partial charge in [0, 0.05) is 0 Å². The Labute approximate surface area is 122 Å². The lowest BCUT2D eigenvalue weighted by Crippen LogP contribution is -2.27. The predicted octanol–water partition coefficient (Wildman–Crippen LogP) is 2.46. The van der Waals surface area contributed by atoms with Crippen molar-refractivity contribution in [1.29, 1.82) is 0 Å². The molecule has 1 aromatic heterocycles. The minimum absolute atomic E-state index is 0.0482. The second-order valence-corrected chi connectivity index (χ2v) is 5.92. The lowest BCUT2D eigenvalue weighted by atomic mass is 10.2. The second-order valence-electron chi connectivity index (χ2n) is 4.04. The van der Waals surface area contributed by atoms with Crippen LogP contribution in [0.3, 0.4) is 0 Å². The van der Waals surface area contributed by atoms with Crippen LogP contribution in [0, 0.1) is 5.82 Å². The maximum Gasteiger partial charge on any atom is 0.240 e. The Kier molecular flexibility index (Phi) is 3.58. The molecule has 2 heterocycles. The van der Waals surface area contributed by atoms with Crippen molar-refractivity contribution in [2.24, 2.45) is 0 Å². The van der Waals surface area contributed by atoms with Crippen LogP contribution in [0.5, 0.6) is 5.75 Å². The third-order valence-corrected chi connectivity index (χ3v) is 4.78. The highest BCUT2D eigenvalue weighted by atomic mass is 32.2. The molecule has 0 saturated carbocycles. The molecule has 1 aliphatic rings. The number of nitrogens with zero attached hydrogens (tertiary/aromatic N) is 3. The SMILES string of the molecule is COc1ccc([C@@H]2SCC(=O)N2c2nncs2)cc1F. The summed E-state index contributed by atoms with van der Waals surface area (Å²) in [7, 11) is 1.42. The fraction of sp³-hybridized carbons (Fsp3) is 0.250. The van der Waals surface area contributed by atoms with E-state index in [4.69, 9.17) is 4.74 Å². The number of halogens is 1. The molecule has 0 unspecified atom stereocenters. The van der Waals surface area contributed by atoms with E-state index in [1.807, 2.05) is 0 Å². The summed E-state index contributed by atoms with van der Waals surface area (Å²) in [6.45, 7) is 0. The van der Waals surface area contributed by atoms with Crippen LogP contribution in [-0.4, -0.2) is 29.0 Å². The van der Waals surface area contributed by atoms with Crippen molar-refractivity contribution in [1.82, 2.24) is 10.2 Å². The monoisotopic (exact) mass is 311 g/mol. The Bertz CT molecular complexity index is 636. The third kappa shape index (κ3) is 2.25. The third-order valence-electron chi connectivity index (χ3n) is 2.88. The second kappa shape index (κ2) is 5.37. The van der Waals surface area contributed by atoms with Crippen molar-refractivity contribution in [2.45, 2.75) is 5.37 Å². The molecule has 2 aromatic rings. The first-order valence-electron chi connectivity index (χ1n) is 5.74. The molecule has 104 valence electrons. The molecule has 1 atom stereocenters. The van der Waals surface area contributed by atoms with E-state index in [0.29, 0.717) is 16.4 Å². The quantitative estimate of drug-likeness (QED) is 0.871. The van der Waals surface area contributed by atoms with Crippen LogP contribution in [0.15, 0.2) is 23.7 Å². The zero-order valence-electron chi connectivity index (χ0n) is 10.4. The molecule has 1 amide bonds. The van der Waals surface area contributed by atoms with Gasteiger partial charge in [0.25, 0.3) is 0 Å². The fourth-order valence-electron chi connectivity index (χ4n) is 1.99. The molecule has 0 N–H and O–H groups in total. The Balaban J connectivity index is 1.96. The highest BCUT2D eigenvalue weighted by Gasteiger charge is 2.36. The van der Waals surface area contributed by atoms with Crippen molar-refractivity contribution in [3.8, 4) is 5.75 Å². The van der Waals surface area contributed by atoms with Crippen LogP contribution in [0.1, 0.15) is 10.9 Å². The van der Waals surface area contributed by atoms with Crippen LogP contribution in [0.2, 0.25) is 0 Å². The molecule has 5 nitrogen and oxygen atoms in total. The highest BCUT2D eigenvalue weighted by Crippen LogP contribution is 2.42. The minimum atomic E-state index is -0.442. The average molecular weight is 311 g/mol. The van der Waals surface area contributed by atoms with Gasteiger partial charge in [-0.15, -0.1) is 22.0 Å². The number of amides is 1. The first-order valence-corrected chi connectivity index (χ1v) is 7.67. The van der Waals surface area contributed by atoms with E-state index >= 15 is 0 Å². The zero-order chi connectivity index (χ0) is 14.1. The van der Waals surface area contributed by atoms with Gasteiger partial charge in [-0.3, -0.25) is 9.69 Å². The van der Waals surface area contributed by atoms with E-state index in [-0.39, 0.29) is 17.0 Å². The van der Waals surface area contributed by atoms with Crippen molar-refractivity contribution >= 4 is 34.1 Å². The van der Waals surface area contributed by atoms with Gasteiger partial charge in [0.05, 0.1) is 12.9 Å². The first kappa shape index (κ1) is 13.3. The van der Waals surface area contributed by atoms with Crippen LogP contribution in [0.25, 0.3) is 0 Å². The van der Waals surface area contributed by atoms with Gasteiger partial charge >= 0.3 is 0 Å². The van der Waals surface area contributed by atoms with E-state index in [1.165, 1.54) is 36.3 Å². The Morgan fingerprint density at radius 1 is 1.50 bits per heavy atom. The summed E-state index contributed by atoms with van der Waals surface area (Å²) in [5.41, 5.74) is 2.27. The number of thioether (sulfide) groups is 1. The van der Waals surface area contributed by atoms with Crippen LogP contribution >= 0.6 is 23.1 Å². The number of anilines is 1. The smallest absolute Gasteiger partial charge is 0.240 e. The molecule has 20 heavy (non-hydrogen) atoms. The molecule has 1 aliphatic heterocycles. The van der Waals surface area contributed by atoms with Crippen molar-refractivity contribution in [3.63, 3.8) is 0 Å². The first-order chi connectivity index (χ1) is 9.70. The lowest BCUT2D eigenvalue weighted by molar-refractivity contribution is -0.115. The fourth-order valence-corrected chi connectivity index (χ4v) is 3.80. The maximum absolute atomic E-state index is 13.8. The molecular weight excluding hydrogens is 301 g/mol. The van der Waals surface area contributed by atoms with Gasteiger partial charge in [-0.2, -0.15) is 0 Å². The predicted molar refractivity (Wildman–Crippen MR) is 75.5 cm³/mol. The number of carbonyl (C=O) groups is 1. The molecule has 3 rings (SSSR count). The largest absolute Gasteiger partial charge is 0.494 e. The van der Waals surface area contributed by atoms with Crippen molar-refractivity contribution in [3.05, 3.63) is 35.1 Å². The summed E-state index contributed by atoms with van der Waals surface area (Å²) >= 11 is 2.73. The Morgan fingerprint density at radius 2 is 2.35 bits per heavy atom. The van der Waals surface area contributed by atoms with Gasteiger partial charge < -0.3 is 4.74 Å². The summed E-state index contributed by atoms with van der Waals surface area (Å²) < 4.78 is 18.7. The summed E-state index contributed by atoms with van der Waals surface area (Å²) in [5.74, 6) is 0.0402. The van der Waals surface area contributed by atoms with Crippen LogP contribution in [0.4, 0.5) is 9.52 Å². The van der Waals surface area contributed by atoms with Crippen molar-refractivity contribution in [2.75, 3.05) is 17.8 Å². The number of carbonyl (C=O) groups excluding carboxylic acids is 1. The van der Waals surface area contributed by atoms with Gasteiger partial charge in [0.1, 0.15) is 10.9 Å². The number of benzene rings is 1. The van der Waals surface area contributed by atoms with Gasteiger partial charge in [-0.05, 0) is 17.7 Å². The molecule has 1 saturated heterocycles. The highest BCUT2D eigenvalue weighted by molar-refractivity contribution is 8.00. The molecule has 1 aromatic carbocycles. The molecule has 0 bridgehead atoms. The molecule has 0 radical (unpaired) electrons. The number of rotatable bonds is 3. The van der Waals surface area contributed by atoms with E-state index in [1.54, 1.807) is 22.5 Å². The summed E-state index contributed by atoms with van der Waals surface area (Å²) in [5, 5.41) is 7.92. The van der Waals surface area contributed by atoms with E-state index in [9.17, 15) is 9.18 Å².